The van der Waals surface area contributed by atoms with Gasteiger partial charge in [-0.05, 0) is 0 Å². The van der Waals surface area contributed by atoms with Crippen molar-refractivity contribution in [1.29, 1.82) is 0 Å². The van der Waals surface area contributed by atoms with E-state index in [9.17, 15) is 4.79 Å². The zero-order chi connectivity index (χ0) is 11.5. The van der Waals surface area contributed by atoms with Crippen LogP contribution in [0.4, 0.5) is 0 Å². The molecule has 15 heavy (non-hydrogen) atoms. The Balaban J connectivity index is 3.53. The molecule has 0 rings (SSSR count). The molecule has 0 amide bonds. The van der Waals surface area contributed by atoms with Crippen molar-refractivity contribution in [3.05, 3.63) is 0 Å². The van der Waals surface area contributed by atoms with Gasteiger partial charge in [-0.1, -0.05) is 0 Å². The van der Waals surface area contributed by atoms with Crippen LogP contribution in [0.5, 0.6) is 0 Å². The number of rotatable bonds is 10. The molecule has 0 aromatic carbocycles. The normalized spacial score (nSPS) is 12.7. The predicted molar refractivity (Wildman–Crippen MR) is 64.6 cm³/mol. The Morgan fingerprint density at radius 3 is 2.67 bits per heavy atom. The van der Waals surface area contributed by atoms with Gasteiger partial charge in [0.2, 0.25) is 0 Å². The summed E-state index contributed by atoms with van der Waals surface area (Å²) in [4.78, 5) is 10.9. The minimum atomic E-state index is -0.699. The molecule has 0 aromatic rings. The van der Waals surface area contributed by atoms with Crippen LogP contribution in [0, 0.1) is 0 Å². The van der Waals surface area contributed by atoms with Gasteiger partial charge in [0.15, 0.2) is 0 Å². The molecule has 0 bridgehead atoms. The number of aliphatic carboxylic acids is 1. The third-order valence-corrected chi connectivity index (χ3v) is 3.68. The van der Waals surface area contributed by atoms with Gasteiger partial charge in [-0.25, -0.2) is 0 Å². The minimum absolute atomic E-state index is 0.326. The molecule has 3 nitrogen and oxygen atoms in total. The topological polar surface area (TPSA) is 49.3 Å². The van der Waals surface area contributed by atoms with Gasteiger partial charge in [0.25, 0.3) is 0 Å². The molecule has 0 unspecified atom stereocenters. The molecule has 0 saturated heterocycles. The molecule has 0 aromatic heterocycles. The SMILES string of the molecule is CCCCCCN[C@@H](CC[Se]C)C(=O)O. The van der Waals surface area contributed by atoms with Crippen molar-refractivity contribution < 1.29 is 9.90 Å². The van der Waals surface area contributed by atoms with Crippen LogP contribution in [0.2, 0.25) is 11.1 Å². The first kappa shape index (κ1) is 14.9. The van der Waals surface area contributed by atoms with Crippen LogP contribution in [0.3, 0.4) is 0 Å². The summed E-state index contributed by atoms with van der Waals surface area (Å²) in [6.45, 7) is 3.02. The van der Waals surface area contributed by atoms with Crippen LogP contribution in [0.1, 0.15) is 39.0 Å². The summed E-state index contributed by atoms with van der Waals surface area (Å²) in [6, 6.07) is -0.326. The monoisotopic (exact) mass is 281 g/mol. The second kappa shape index (κ2) is 10.5. The molecular formula is C11H23NO2Se. The summed E-state index contributed by atoms with van der Waals surface area (Å²) in [6.07, 6.45) is 5.54. The van der Waals surface area contributed by atoms with Crippen molar-refractivity contribution >= 4 is 20.9 Å². The molecule has 0 saturated carbocycles. The van der Waals surface area contributed by atoms with E-state index in [0.29, 0.717) is 15.0 Å². The van der Waals surface area contributed by atoms with Gasteiger partial charge in [-0.15, -0.1) is 0 Å². The van der Waals surface area contributed by atoms with Crippen molar-refractivity contribution in [3.8, 4) is 0 Å². The number of carboxylic acids is 1. The zero-order valence-electron chi connectivity index (χ0n) is 9.79. The van der Waals surface area contributed by atoms with Gasteiger partial charge in [0.1, 0.15) is 0 Å². The molecule has 0 radical (unpaired) electrons. The molecule has 1 atom stereocenters. The molecule has 0 spiro atoms. The molecule has 90 valence electrons. The van der Waals surface area contributed by atoms with Gasteiger partial charge < -0.3 is 0 Å². The quantitative estimate of drug-likeness (QED) is 0.476. The first-order chi connectivity index (χ1) is 7.22. The maximum absolute atomic E-state index is 10.9. The van der Waals surface area contributed by atoms with Crippen LogP contribution in [-0.2, 0) is 4.79 Å². The molecule has 0 aliphatic rings. The zero-order valence-corrected chi connectivity index (χ0v) is 11.5. The van der Waals surface area contributed by atoms with Crippen molar-refractivity contribution in [2.45, 2.75) is 56.2 Å². The van der Waals surface area contributed by atoms with E-state index in [-0.39, 0.29) is 6.04 Å². The number of hydrogen-bond acceptors (Lipinski definition) is 2. The van der Waals surface area contributed by atoms with Crippen molar-refractivity contribution in [1.82, 2.24) is 5.32 Å². The summed E-state index contributed by atoms with van der Waals surface area (Å²) in [5.41, 5.74) is 0. The number of hydrogen-bond donors (Lipinski definition) is 2. The standard InChI is InChI=1S/C11H23NO2Se/c1-3-4-5-6-8-12-10(11(13)14)7-9-15-2/h10,12H,3-9H2,1-2H3,(H,13,14)/t10-/m0/s1. The van der Waals surface area contributed by atoms with Crippen LogP contribution in [0.25, 0.3) is 0 Å². The molecule has 0 heterocycles. The Morgan fingerprint density at radius 1 is 1.40 bits per heavy atom. The maximum atomic E-state index is 10.9. The Bertz CT molecular complexity index is 165. The van der Waals surface area contributed by atoms with Crippen LogP contribution >= 0.6 is 0 Å². The Kier molecular flexibility index (Phi) is 10.4. The van der Waals surface area contributed by atoms with Crippen LogP contribution < -0.4 is 5.32 Å². The summed E-state index contributed by atoms with van der Waals surface area (Å²) >= 11 is 0.581. The van der Waals surface area contributed by atoms with Crippen molar-refractivity contribution in [2.24, 2.45) is 0 Å². The third-order valence-electron chi connectivity index (χ3n) is 2.33. The van der Waals surface area contributed by atoms with Gasteiger partial charge in [0, 0.05) is 0 Å². The number of nitrogens with one attached hydrogen (secondary N) is 1. The van der Waals surface area contributed by atoms with Crippen LogP contribution in [-0.4, -0.2) is 38.6 Å². The molecule has 0 fully saturated rings. The Labute approximate surface area is 99.2 Å². The molecule has 0 aliphatic heterocycles. The summed E-state index contributed by atoms with van der Waals surface area (Å²) < 4.78 is 0. The Morgan fingerprint density at radius 2 is 2.13 bits per heavy atom. The first-order valence-corrected chi connectivity index (χ1v) is 8.60. The van der Waals surface area contributed by atoms with Crippen molar-refractivity contribution in [2.75, 3.05) is 6.54 Å². The van der Waals surface area contributed by atoms with E-state index in [2.05, 4.69) is 18.1 Å². The van der Waals surface area contributed by atoms with Gasteiger partial charge in [-0.2, -0.15) is 0 Å². The van der Waals surface area contributed by atoms with E-state index in [1.165, 1.54) is 19.3 Å². The fourth-order valence-electron chi connectivity index (χ4n) is 1.38. The van der Waals surface area contributed by atoms with Gasteiger partial charge in [-0.3, -0.25) is 0 Å². The van der Waals surface area contributed by atoms with E-state index in [1.807, 2.05) is 0 Å². The first-order valence-electron chi connectivity index (χ1n) is 5.67. The molecule has 0 aliphatic carbocycles. The summed E-state index contributed by atoms with van der Waals surface area (Å²) in [5.74, 6) is 1.45. The van der Waals surface area contributed by atoms with Gasteiger partial charge in [0.05, 0.1) is 0 Å². The van der Waals surface area contributed by atoms with E-state index >= 15 is 0 Å². The summed E-state index contributed by atoms with van der Waals surface area (Å²) in [7, 11) is 0. The predicted octanol–water partition coefficient (Wildman–Crippen LogP) is 2.17. The van der Waals surface area contributed by atoms with Crippen molar-refractivity contribution in [3.63, 3.8) is 0 Å². The molecular weight excluding hydrogens is 257 g/mol. The average molecular weight is 280 g/mol. The van der Waals surface area contributed by atoms with Crippen LogP contribution in [0.15, 0.2) is 0 Å². The Hall–Kier alpha value is -0.0505. The van der Waals surface area contributed by atoms with E-state index in [1.54, 1.807) is 0 Å². The fraction of sp³-hybridized carbons (Fsp3) is 0.909. The number of carbonyl (C=O) groups is 1. The molecule has 4 heteroatoms. The van der Waals surface area contributed by atoms with E-state index in [0.717, 1.165) is 24.7 Å². The van der Waals surface area contributed by atoms with E-state index < -0.39 is 5.97 Å². The number of unbranched alkanes of at least 4 members (excludes halogenated alkanes) is 3. The van der Waals surface area contributed by atoms with E-state index in [4.69, 9.17) is 5.11 Å². The molecule has 2 N–H and O–H groups in total. The average Bonchev–Trinajstić information content (AvgIpc) is 2.21. The number of carboxylic acid groups (broad SMARTS) is 1. The fourth-order valence-corrected chi connectivity index (χ4v) is 2.37. The van der Waals surface area contributed by atoms with Gasteiger partial charge >= 0.3 is 98.9 Å². The third kappa shape index (κ3) is 8.91. The second-order valence-electron chi connectivity index (χ2n) is 3.69. The second-order valence-corrected chi connectivity index (χ2v) is 5.75. The summed E-state index contributed by atoms with van der Waals surface area (Å²) in [5, 5.41) is 13.1.